The third-order valence-electron chi connectivity index (χ3n) is 5.51. The van der Waals surface area contributed by atoms with Crippen molar-refractivity contribution in [1.82, 2.24) is 10.6 Å². The predicted molar refractivity (Wildman–Crippen MR) is 111 cm³/mol. The van der Waals surface area contributed by atoms with Crippen LogP contribution >= 0.6 is 0 Å². The van der Waals surface area contributed by atoms with Crippen LogP contribution in [-0.4, -0.2) is 51.0 Å². The molecule has 0 aromatic heterocycles. The summed E-state index contributed by atoms with van der Waals surface area (Å²) in [7, 11) is -1.90. The molecule has 1 aliphatic rings. The van der Waals surface area contributed by atoms with E-state index < -0.39 is 21.3 Å². The molecule has 0 radical (unpaired) electrons. The number of carbonyl (C=O) groups is 2. The topological polar surface area (TPSA) is 102 Å². The van der Waals surface area contributed by atoms with Gasteiger partial charge in [0.05, 0.1) is 31.2 Å². The minimum atomic E-state index is -3.16. The van der Waals surface area contributed by atoms with Gasteiger partial charge in [-0.25, -0.2) is 8.42 Å². The van der Waals surface area contributed by atoms with E-state index in [1.54, 1.807) is 0 Å². The van der Waals surface area contributed by atoms with Crippen molar-refractivity contribution < 1.29 is 22.7 Å². The molecule has 0 aliphatic carbocycles. The van der Waals surface area contributed by atoms with Crippen molar-refractivity contribution in [3.05, 3.63) is 48.0 Å². The smallest absolute Gasteiger partial charge is 0.326 e. The molecule has 2 aromatic rings. The third-order valence-corrected chi connectivity index (χ3v) is 7.16. The maximum absolute atomic E-state index is 12.5. The summed E-state index contributed by atoms with van der Waals surface area (Å²) in [4.78, 5) is 24.8. The summed E-state index contributed by atoms with van der Waals surface area (Å²) in [5.74, 6) is -1.03. The number of fused-ring (bicyclic) bond motifs is 1. The summed E-state index contributed by atoms with van der Waals surface area (Å²) < 4.78 is 28.3. The molecule has 2 aromatic carbocycles. The van der Waals surface area contributed by atoms with Gasteiger partial charge in [0.2, 0.25) is 5.91 Å². The first kappa shape index (κ1) is 21.3. The van der Waals surface area contributed by atoms with Crippen LogP contribution in [-0.2, 0) is 24.2 Å². The molecular formula is C21H26N2O5S. The van der Waals surface area contributed by atoms with E-state index in [4.69, 9.17) is 4.74 Å². The van der Waals surface area contributed by atoms with E-state index in [1.807, 2.05) is 49.4 Å². The van der Waals surface area contributed by atoms with Crippen molar-refractivity contribution in [2.75, 3.05) is 25.2 Å². The van der Waals surface area contributed by atoms with Gasteiger partial charge in [0, 0.05) is 0 Å². The number of methoxy groups -OCH3 is 1. The van der Waals surface area contributed by atoms with Crippen LogP contribution in [0.5, 0.6) is 0 Å². The first-order chi connectivity index (χ1) is 13.8. The van der Waals surface area contributed by atoms with Gasteiger partial charge < -0.3 is 10.1 Å². The highest BCUT2D eigenvalue weighted by molar-refractivity contribution is 7.91. The largest absolute Gasteiger partial charge is 0.468 e. The molecule has 156 valence electrons. The summed E-state index contributed by atoms with van der Waals surface area (Å²) in [6.07, 6.45) is 0.183. The van der Waals surface area contributed by atoms with Gasteiger partial charge in [0.25, 0.3) is 0 Å². The Morgan fingerprint density at radius 2 is 1.76 bits per heavy atom. The fourth-order valence-electron chi connectivity index (χ4n) is 3.78. The molecule has 1 heterocycles. The standard InChI is InChI=1S/C21H26N2O5S/c1-15(17-9-5-7-16-6-3-4-8-18(16)17)23-19(24)14-22-21(20(25)28-2)10-12-29(26,27)13-11-21/h3-9,15,22H,10-14H2,1-2H3,(H,23,24)/t15-/m1/s1. The van der Waals surface area contributed by atoms with Gasteiger partial charge in [-0.2, -0.15) is 0 Å². The first-order valence-electron chi connectivity index (χ1n) is 9.57. The Bertz CT molecular complexity index is 999. The molecule has 1 fully saturated rings. The van der Waals surface area contributed by atoms with Gasteiger partial charge in [-0.3, -0.25) is 14.9 Å². The second-order valence-electron chi connectivity index (χ2n) is 7.44. The molecule has 3 rings (SSSR count). The SMILES string of the molecule is COC(=O)C1(NCC(=O)N[C@H](C)c2cccc3ccccc23)CCS(=O)(=O)CC1. The zero-order valence-electron chi connectivity index (χ0n) is 16.6. The number of carbonyl (C=O) groups excluding carboxylic acids is 2. The van der Waals surface area contributed by atoms with E-state index >= 15 is 0 Å². The molecule has 1 saturated heterocycles. The summed E-state index contributed by atoms with van der Waals surface area (Å²) in [6.45, 7) is 1.80. The normalized spacial score (nSPS) is 18.7. The van der Waals surface area contributed by atoms with Gasteiger partial charge in [-0.15, -0.1) is 0 Å². The molecule has 1 atom stereocenters. The summed E-state index contributed by atoms with van der Waals surface area (Å²) >= 11 is 0. The van der Waals surface area contributed by atoms with Crippen LogP contribution in [0.15, 0.2) is 42.5 Å². The molecule has 0 unspecified atom stereocenters. The van der Waals surface area contributed by atoms with Crippen LogP contribution in [0.4, 0.5) is 0 Å². The van der Waals surface area contributed by atoms with Crippen LogP contribution in [0.2, 0.25) is 0 Å². The minimum absolute atomic E-state index is 0.0914. The molecule has 0 saturated carbocycles. The average molecular weight is 419 g/mol. The number of benzene rings is 2. The van der Waals surface area contributed by atoms with E-state index in [2.05, 4.69) is 10.6 Å². The zero-order chi connectivity index (χ0) is 21.1. The van der Waals surface area contributed by atoms with Gasteiger partial charge >= 0.3 is 5.97 Å². The van der Waals surface area contributed by atoms with Crippen LogP contribution in [0.25, 0.3) is 10.8 Å². The van der Waals surface area contributed by atoms with Crippen LogP contribution in [0.1, 0.15) is 31.4 Å². The van der Waals surface area contributed by atoms with Crippen molar-refractivity contribution in [2.24, 2.45) is 0 Å². The number of esters is 1. The van der Waals surface area contributed by atoms with E-state index in [9.17, 15) is 18.0 Å². The Morgan fingerprint density at radius 3 is 2.45 bits per heavy atom. The van der Waals surface area contributed by atoms with Crippen molar-refractivity contribution in [3.63, 3.8) is 0 Å². The maximum Gasteiger partial charge on any atom is 0.326 e. The lowest BCUT2D eigenvalue weighted by molar-refractivity contribution is -0.149. The van der Waals surface area contributed by atoms with E-state index in [-0.39, 0.29) is 42.8 Å². The molecule has 1 amide bonds. The molecule has 0 spiro atoms. The highest BCUT2D eigenvalue weighted by Crippen LogP contribution is 2.26. The van der Waals surface area contributed by atoms with Crippen LogP contribution < -0.4 is 10.6 Å². The van der Waals surface area contributed by atoms with Crippen molar-refractivity contribution in [2.45, 2.75) is 31.3 Å². The second-order valence-corrected chi connectivity index (χ2v) is 9.74. The van der Waals surface area contributed by atoms with Gasteiger partial charge in [0.15, 0.2) is 0 Å². The zero-order valence-corrected chi connectivity index (χ0v) is 17.4. The Labute approximate surface area is 170 Å². The molecule has 0 bridgehead atoms. The number of ether oxygens (including phenoxy) is 1. The second kappa shape index (κ2) is 8.51. The van der Waals surface area contributed by atoms with Crippen LogP contribution in [0.3, 0.4) is 0 Å². The van der Waals surface area contributed by atoms with E-state index in [0.717, 1.165) is 16.3 Å². The van der Waals surface area contributed by atoms with E-state index in [1.165, 1.54) is 7.11 Å². The molecule has 7 nitrogen and oxygen atoms in total. The number of nitrogens with one attached hydrogen (secondary N) is 2. The van der Waals surface area contributed by atoms with E-state index in [0.29, 0.717) is 0 Å². The van der Waals surface area contributed by atoms with Gasteiger partial charge in [0.1, 0.15) is 15.4 Å². The average Bonchev–Trinajstić information content (AvgIpc) is 2.72. The van der Waals surface area contributed by atoms with Crippen LogP contribution in [0, 0.1) is 0 Å². The highest BCUT2D eigenvalue weighted by atomic mass is 32.2. The molecule has 29 heavy (non-hydrogen) atoms. The lowest BCUT2D eigenvalue weighted by atomic mass is 9.92. The Morgan fingerprint density at radius 1 is 1.10 bits per heavy atom. The molecule has 8 heteroatoms. The van der Waals surface area contributed by atoms with Gasteiger partial charge in [-0.1, -0.05) is 42.5 Å². The monoisotopic (exact) mass is 418 g/mol. The lowest BCUT2D eigenvalue weighted by Gasteiger charge is -2.35. The fraction of sp³-hybridized carbons (Fsp3) is 0.429. The molecule has 1 aliphatic heterocycles. The maximum atomic E-state index is 12.5. The number of hydrogen-bond acceptors (Lipinski definition) is 6. The number of rotatable bonds is 6. The molecule has 2 N–H and O–H groups in total. The summed E-state index contributed by atoms with van der Waals surface area (Å²) in [6, 6.07) is 13.7. The summed E-state index contributed by atoms with van der Waals surface area (Å²) in [5.41, 5.74) is -0.150. The lowest BCUT2D eigenvalue weighted by Crippen LogP contribution is -2.59. The predicted octanol–water partition coefficient (Wildman–Crippen LogP) is 1.73. The minimum Gasteiger partial charge on any atom is -0.468 e. The summed E-state index contributed by atoms with van der Waals surface area (Å²) in [5, 5.41) is 8.08. The quantitative estimate of drug-likeness (QED) is 0.693. The Balaban J connectivity index is 1.67. The van der Waals surface area contributed by atoms with Crippen molar-refractivity contribution in [1.29, 1.82) is 0 Å². The first-order valence-corrected chi connectivity index (χ1v) is 11.4. The highest BCUT2D eigenvalue weighted by Gasteiger charge is 2.44. The molecular weight excluding hydrogens is 392 g/mol. The third kappa shape index (κ3) is 4.76. The number of sulfone groups is 1. The van der Waals surface area contributed by atoms with Gasteiger partial charge in [-0.05, 0) is 36.1 Å². The van der Waals surface area contributed by atoms with Crippen molar-refractivity contribution in [3.8, 4) is 0 Å². The Kier molecular flexibility index (Phi) is 6.24. The van der Waals surface area contributed by atoms with Crippen molar-refractivity contribution >= 4 is 32.5 Å². The number of amides is 1. The fourth-order valence-corrected chi connectivity index (χ4v) is 5.31. The number of hydrogen-bond donors (Lipinski definition) is 2. The Hall–Kier alpha value is -2.45.